The van der Waals surface area contributed by atoms with E-state index in [4.69, 9.17) is 9.72 Å². The Morgan fingerprint density at radius 3 is 3.05 bits per heavy atom. The molecule has 0 saturated carbocycles. The molecule has 3 rings (SSSR count). The van der Waals surface area contributed by atoms with Crippen LogP contribution >= 0.6 is 0 Å². The molecule has 1 aliphatic rings. The van der Waals surface area contributed by atoms with Crippen LogP contribution in [-0.2, 0) is 17.8 Å². The SMILES string of the molecule is CCn1c(CNCCC2CCCCO2)nc2ccccc21. The molecule has 2 aromatic rings. The maximum absolute atomic E-state index is 5.76. The van der Waals surface area contributed by atoms with Crippen molar-refractivity contribution in [3.63, 3.8) is 0 Å². The Morgan fingerprint density at radius 1 is 1.33 bits per heavy atom. The first kappa shape index (κ1) is 14.5. The molecule has 21 heavy (non-hydrogen) atoms. The first-order valence-corrected chi connectivity index (χ1v) is 8.15. The normalized spacial score (nSPS) is 19.2. The van der Waals surface area contributed by atoms with Crippen LogP contribution in [0.3, 0.4) is 0 Å². The third-order valence-corrected chi connectivity index (χ3v) is 4.25. The number of fused-ring (bicyclic) bond motifs is 1. The molecule has 1 fully saturated rings. The van der Waals surface area contributed by atoms with Gasteiger partial charge in [-0.3, -0.25) is 0 Å². The number of imidazole rings is 1. The second-order valence-corrected chi connectivity index (χ2v) is 5.72. The predicted octanol–water partition coefficient (Wildman–Crippen LogP) is 3.11. The quantitative estimate of drug-likeness (QED) is 0.830. The Kier molecular flexibility index (Phi) is 4.88. The van der Waals surface area contributed by atoms with Crippen LogP contribution in [0.25, 0.3) is 11.0 Å². The highest BCUT2D eigenvalue weighted by molar-refractivity contribution is 5.75. The van der Waals surface area contributed by atoms with E-state index in [0.29, 0.717) is 6.10 Å². The van der Waals surface area contributed by atoms with Gasteiger partial charge in [0.05, 0.1) is 23.7 Å². The zero-order valence-corrected chi connectivity index (χ0v) is 12.8. The second-order valence-electron chi connectivity index (χ2n) is 5.72. The van der Waals surface area contributed by atoms with Gasteiger partial charge in [0.2, 0.25) is 0 Å². The van der Waals surface area contributed by atoms with E-state index in [9.17, 15) is 0 Å². The Labute approximate surface area is 126 Å². The van der Waals surface area contributed by atoms with Gasteiger partial charge in [-0.05, 0) is 51.3 Å². The molecule has 0 spiro atoms. The van der Waals surface area contributed by atoms with Crippen molar-refractivity contribution in [3.05, 3.63) is 30.1 Å². The topological polar surface area (TPSA) is 39.1 Å². The summed E-state index contributed by atoms with van der Waals surface area (Å²) in [6.45, 7) is 5.90. The van der Waals surface area contributed by atoms with Crippen LogP contribution < -0.4 is 5.32 Å². The molecule has 4 heteroatoms. The van der Waals surface area contributed by atoms with E-state index in [0.717, 1.165) is 44.0 Å². The van der Waals surface area contributed by atoms with Gasteiger partial charge >= 0.3 is 0 Å². The summed E-state index contributed by atoms with van der Waals surface area (Å²) in [5, 5.41) is 3.52. The number of nitrogens with zero attached hydrogens (tertiary/aromatic N) is 2. The third kappa shape index (κ3) is 3.44. The third-order valence-electron chi connectivity index (χ3n) is 4.25. The van der Waals surface area contributed by atoms with Crippen LogP contribution in [0.5, 0.6) is 0 Å². The van der Waals surface area contributed by atoms with E-state index in [1.807, 2.05) is 6.07 Å². The molecule has 0 bridgehead atoms. The molecule has 1 aliphatic heterocycles. The van der Waals surface area contributed by atoms with Crippen molar-refractivity contribution in [1.82, 2.24) is 14.9 Å². The highest BCUT2D eigenvalue weighted by Crippen LogP contribution is 2.17. The van der Waals surface area contributed by atoms with Crippen molar-refractivity contribution in [3.8, 4) is 0 Å². The molecule has 0 radical (unpaired) electrons. The van der Waals surface area contributed by atoms with Gasteiger partial charge in [-0.25, -0.2) is 4.98 Å². The molecule has 1 atom stereocenters. The van der Waals surface area contributed by atoms with E-state index in [1.54, 1.807) is 0 Å². The number of aromatic nitrogens is 2. The standard InChI is InChI=1S/C17H25N3O/c1-2-20-16-9-4-3-8-15(16)19-17(20)13-18-11-10-14-7-5-6-12-21-14/h3-4,8-9,14,18H,2,5-7,10-13H2,1H3. The lowest BCUT2D eigenvalue weighted by molar-refractivity contribution is 0.0115. The van der Waals surface area contributed by atoms with Crippen LogP contribution in [0, 0.1) is 0 Å². The van der Waals surface area contributed by atoms with Gasteiger partial charge in [0.25, 0.3) is 0 Å². The monoisotopic (exact) mass is 287 g/mol. The van der Waals surface area contributed by atoms with E-state index in [1.165, 1.54) is 24.8 Å². The number of aryl methyl sites for hydroxylation is 1. The van der Waals surface area contributed by atoms with Crippen molar-refractivity contribution in [2.75, 3.05) is 13.2 Å². The lowest BCUT2D eigenvalue weighted by Gasteiger charge is -2.22. The van der Waals surface area contributed by atoms with Gasteiger partial charge < -0.3 is 14.6 Å². The number of para-hydroxylation sites is 2. The van der Waals surface area contributed by atoms with Gasteiger partial charge in [0, 0.05) is 13.2 Å². The molecular formula is C17H25N3O. The minimum Gasteiger partial charge on any atom is -0.378 e. The molecule has 114 valence electrons. The Hall–Kier alpha value is -1.39. The van der Waals surface area contributed by atoms with Crippen molar-refractivity contribution in [1.29, 1.82) is 0 Å². The number of benzene rings is 1. The van der Waals surface area contributed by atoms with Gasteiger partial charge in [0.15, 0.2) is 0 Å². The summed E-state index contributed by atoms with van der Waals surface area (Å²) in [6, 6.07) is 8.35. The van der Waals surface area contributed by atoms with Gasteiger partial charge in [-0.1, -0.05) is 12.1 Å². The van der Waals surface area contributed by atoms with E-state index in [-0.39, 0.29) is 0 Å². The first-order chi connectivity index (χ1) is 10.4. The fourth-order valence-electron chi connectivity index (χ4n) is 3.11. The van der Waals surface area contributed by atoms with Gasteiger partial charge in [0.1, 0.15) is 5.82 Å². The number of ether oxygens (including phenoxy) is 1. The zero-order chi connectivity index (χ0) is 14.5. The maximum Gasteiger partial charge on any atom is 0.123 e. The molecule has 0 amide bonds. The molecule has 1 unspecified atom stereocenters. The molecule has 0 aliphatic carbocycles. The molecule has 2 heterocycles. The maximum atomic E-state index is 5.76. The van der Waals surface area contributed by atoms with Crippen molar-refractivity contribution >= 4 is 11.0 Å². The van der Waals surface area contributed by atoms with Gasteiger partial charge in [-0.15, -0.1) is 0 Å². The number of hydrogen-bond acceptors (Lipinski definition) is 3. The highest BCUT2D eigenvalue weighted by Gasteiger charge is 2.13. The van der Waals surface area contributed by atoms with Crippen molar-refractivity contribution in [2.45, 2.75) is 51.8 Å². The Morgan fingerprint density at radius 2 is 2.24 bits per heavy atom. The smallest absolute Gasteiger partial charge is 0.123 e. The minimum atomic E-state index is 0.455. The van der Waals surface area contributed by atoms with Crippen LogP contribution in [0.15, 0.2) is 24.3 Å². The van der Waals surface area contributed by atoms with Gasteiger partial charge in [-0.2, -0.15) is 0 Å². The van der Waals surface area contributed by atoms with E-state index < -0.39 is 0 Å². The first-order valence-electron chi connectivity index (χ1n) is 8.15. The summed E-state index contributed by atoms with van der Waals surface area (Å²) >= 11 is 0. The molecule has 1 aromatic carbocycles. The molecule has 1 aromatic heterocycles. The van der Waals surface area contributed by atoms with Crippen LogP contribution in [0.4, 0.5) is 0 Å². The number of hydrogen-bond donors (Lipinski definition) is 1. The summed E-state index contributed by atoms with van der Waals surface area (Å²) in [5.41, 5.74) is 2.32. The van der Waals surface area contributed by atoms with Crippen LogP contribution in [0.1, 0.15) is 38.4 Å². The van der Waals surface area contributed by atoms with E-state index >= 15 is 0 Å². The van der Waals surface area contributed by atoms with Crippen molar-refractivity contribution in [2.24, 2.45) is 0 Å². The van der Waals surface area contributed by atoms with Crippen LogP contribution in [-0.4, -0.2) is 28.8 Å². The summed E-state index contributed by atoms with van der Waals surface area (Å²) in [5.74, 6) is 1.13. The average Bonchev–Trinajstić information content (AvgIpc) is 2.90. The fraction of sp³-hybridized carbons (Fsp3) is 0.588. The molecule has 4 nitrogen and oxygen atoms in total. The number of nitrogens with one attached hydrogen (secondary N) is 1. The summed E-state index contributed by atoms with van der Waals surface area (Å²) < 4.78 is 8.05. The summed E-state index contributed by atoms with van der Waals surface area (Å²) in [7, 11) is 0. The molecule has 1 N–H and O–H groups in total. The highest BCUT2D eigenvalue weighted by atomic mass is 16.5. The summed E-state index contributed by atoms with van der Waals surface area (Å²) in [4.78, 5) is 4.74. The summed E-state index contributed by atoms with van der Waals surface area (Å²) in [6.07, 6.45) is 5.32. The largest absolute Gasteiger partial charge is 0.378 e. The zero-order valence-electron chi connectivity index (χ0n) is 12.8. The minimum absolute atomic E-state index is 0.455. The Bertz CT molecular complexity index is 572. The fourth-order valence-corrected chi connectivity index (χ4v) is 3.11. The molecular weight excluding hydrogens is 262 g/mol. The molecule has 1 saturated heterocycles. The Balaban J connectivity index is 1.55. The lowest BCUT2D eigenvalue weighted by atomic mass is 10.1. The average molecular weight is 287 g/mol. The van der Waals surface area contributed by atoms with Crippen molar-refractivity contribution < 1.29 is 4.74 Å². The predicted molar refractivity (Wildman–Crippen MR) is 85.3 cm³/mol. The van der Waals surface area contributed by atoms with E-state index in [2.05, 4.69) is 35.0 Å². The number of rotatable bonds is 6. The lowest BCUT2D eigenvalue weighted by Crippen LogP contribution is -2.25. The second kappa shape index (κ2) is 7.05. The van der Waals surface area contributed by atoms with Crippen LogP contribution in [0.2, 0.25) is 0 Å².